The number of fused-ring (bicyclic) bond motifs is 3. The van der Waals surface area contributed by atoms with Crippen molar-refractivity contribution in [2.45, 2.75) is 5.92 Å². The summed E-state index contributed by atoms with van der Waals surface area (Å²) in [7, 11) is 1.86. The fraction of sp³-hybridized carbons (Fsp3) is 0.222. The molecule has 0 saturated carbocycles. The van der Waals surface area contributed by atoms with Crippen molar-refractivity contribution in [3.05, 3.63) is 59.9 Å². The minimum atomic E-state index is -0.607. The van der Waals surface area contributed by atoms with Crippen LogP contribution in [0.4, 0.5) is 15.8 Å². The Morgan fingerprint density at radius 2 is 1.78 bits per heavy atom. The van der Waals surface area contributed by atoms with Gasteiger partial charge < -0.3 is 4.90 Å². The maximum Gasteiger partial charge on any atom is 0.242 e. The molecular weight excluding hydrogens is 295 g/mol. The molecule has 0 aromatic heterocycles. The minimum absolute atomic E-state index is 0.215. The largest absolute Gasteiger partial charge is 0.374 e. The molecule has 2 aromatic rings. The maximum absolute atomic E-state index is 13.7. The van der Waals surface area contributed by atoms with Gasteiger partial charge in [-0.05, 0) is 35.9 Å². The topological polar surface area (TPSA) is 40.6 Å². The van der Waals surface area contributed by atoms with Gasteiger partial charge in [0.2, 0.25) is 11.8 Å². The molecule has 2 amide bonds. The Morgan fingerprint density at radius 1 is 1.04 bits per heavy atom. The minimum Gasteiger partial charge on any atom is -0.374 e. The monoisotopic (exact) mass is 310 g/mol. The van der Waals surface area contributed by atoms with Gasteiger partial charge in [0.25, 0.3) is 0 Å². The molecular formula is C18H15FN2O2. The van der Waals surface area contributed by atoms with E-state index in [9.17, 15) is 14.0 Å². The number of rotatable bonds is 1. The third-order valence-corrected chi connectivity index (χ3v) is 4.65. The van der Waals surface area contributed by atoms with Crippen LogP contribution >= 0.6 is 0 Å². The number of benzene rings is 2. The number of nitrogens with zero attached hydrogens (tertiary/aromatic N) is 2. The van der Waals surface area contributed by atoms with E-state index in [4.69, 9.17) is 0 Å². The number of hydrogen-bond acceptors (Lipinski definition) is 3. The zero-order valence-corrected chi connectivity index (χ0v) is 12.6. The summed E-state index contributed by atoms with van der Waals surface area (Å²) in [6.07, 6.45) is 0. The number of imide groups is 1. The van der Waals surface area contributed by atoms with Gasteiger partial charge in [-0.1, -0.05) is 18.2 Å². The van der Waals surface area contributed by atoms with Crippen molar-refractivity contribution in [2.75, 3.05) is 23.4 Å². The van der Waals surface area contributed by atoms with Gasteiger partial charge in [0.1, 0.15) is 5.82 Å². The molecule has 0 bridgehead atoms. The SMILES string of the molecule is CN1CC2C(=O)N(c3ccccc3)C(=O)C2c2cc(F)ccc21. The highest BCUT2D eigenvalue weighted by Gasteiger charge is 2.52. The van der Waals surface area contributed by atoms with Crippen LogP contribution in [0.1, 0.15) is 11.5 Å². The lowest BCUT2D eigenvalue weighted by molar-refractivity contribution is -0.122. The predicted molar refractivity (Wildman–Crippen MR) is 84.8 cm³/mol. The molecule has 2 unspecified atom stereocenters. The second-order valence-corrected chi connectivity index (χ2v) is 6.02. The van der Waals surface area contributed by atoms with Gasteiger partial charge in [0.15, 0.2) is 0 Å². The molecule has 2 aliphatic heterocycles. The van der Waals surface area contributed by atoms with Crippen LogP contribution in [0.3, 0.4) is 0 Å². The zero-order valence-electron chi connectivity index (χ0n) is 12.6. The fourth-order valence-electron chi connectivity index (χ4n) is 3.61. The van der Waals surface area contributed by atoms with Crippen molar-refractivity contribution in [1.29, 1.82) is 0 Å². The lowest BCUT2D eigenvalue weighted by atomic mass is 9.83. The summed E-state index contributed by atoms with van der Waals surface area (Å²) < 4.78 is 13.7. The van der Waals surface area contributed by atoms with E-state index in [-0.39, 0.29) is 11.8 Å². The molecule has 2 atom stereocenters. The highest BCUT2D eigenvalue weighted by atomic mass is 19.1. The van der Waals surface area contributed by atoms with Crippen molar-refractivity contribution < 1.29 is 14.0 Å². The number of para-hydroxylation sites is 1. The Balaban J connectivity index is 1.84. The molecule has 1 fully saturated rings. The predicted octanol–water partition coefficient (Wildman–Crippen LogP) is 2.55. The molecule has 116 valence electrons. The van der Waals surface area contributed by atoms with Crippen LogP contribution in [0.2, 0.25) is 0 Å². The summed E-state index contributed by atoms with van der Waals surface area (Å²) in [6, 6.07) is 13.3. The molecule has 2 aromatic carbocycles. The summed E-state index contributed by atoms with van der Waals surface area (Å²) >= 11 is 0. The Labute approximate surface area is 133 Å². The molecule has 5 heteroatoms. The van der Waals surface area contributed by atoms with E-state index < -0.39 is 17.7 Å². The average Bonchev–Trinajstić information content (AvgIpc) is 2.79. The summed E-state index contributed by atoms with van der Waals surface area (Å²) in [5.41, 5.74) is 1.97. The normalized spacial score (nSPS) is 23.0. The first-order valence-electron chi connectivity index (χ1n) is 7.51. The zero-order chi connectivity index (χ0) is 16.1. The summed E-state index contributed by atoms with van der Waals surface area (Å²) in [5.74, 6) is -1.96. The smallest absolute Gasteiger partial charge is 0.242 e. The van der Waals surface area contributed by atoms with Gasteiger partial charge in [-0.25, -0.2) is 9.29 Å². The number of halogens is 1. The van der Waals surface area contributed by atoms with Crippen LogP contribution in [0, 0.1) is 11.7 Å². The second-order valence-electron chi connectivity index (χ2n) is 6.02. The van der Waals surface area contributed by atoms with Crippen LogP contribution in [-0.2, 0) is 9.59 Å². The molecule has 4 nitrogen and oxygen atoms in total. The van der Waals surface area contributed by atoms with Gasteiger partial charge >= 0.3 is 0 Å². The molecule has 1 saturated heterocycles. The fourth-order valence-corrected chi connectivity index (χ4v) is 3.61. The molecule has 0 spiro atoms. The number of carbonyl (C=O) groups is 2. The lowest BCUT2D eigenvalue weighted by Crippen LogP contribution is -2.37. The first kappa shape index (κ1) is 13.9. The Kier molecular flexibility index (Phi) is 2.98. The maximum atomic E-state index is 13.7. The highest BCUT2D eigenvalue weighted by Crippen LogP contribution is 2.45. The summed E-state index contributed by atoms with van der Waals surface area (Å²) in [5, 5.41) is 0. The first-order valence-corrected chi connectivity index (χ1v) is 7.51. The Hall–Kier alpha value is -2.69. The third-order valence-electron chi connectivity index (χ3n) is 4.65. The third kappa shape index (κ3) is 1.96. The molecule has 23 heavy (non-hydrogen) atoms. The highest BCUT2D eigenvalue weighted by molar-refractivity contribution is 6.24. The molecule has 2 aliphatic rings. The molecule has 4 rings (SSSR count). The molecule has 0 N–H and O–H groups in total. The van der Waals surface area contributed by atoms with Gasteiger partial charge in [0.05, 0.1) is 17.5 Å². The molecule has 2 heterocycles. The van der Waals surface area contributed by atoms with Gasteiger partial charge in [-0.2, -0.15) is 0 Å². The second kappa shape index (κ2) is 4.91. The molecule has 0 radical (unpaired) electrons. The quantitative estimate of drug-likeness (QED) is 0.760. The van der Waals surface area contributed by atoms with Crippen molar-refractivity contribution in [2.24, 2.45) is 5.92 Å². The van der Waals surface area contributed by atoms with Crippen LogP contribution < -0.4 is 9.80 Å². The van der Waals surface area contributed by atoms with Gasteiger partial charge in [0, 0.05) is 19.3 Å². The van der Waals surface area contributed by atoms with E-state index in [1.165, 1.54) is 17.0 Å². The van der Waals surface area contributed by atoms with Crippen LogP contribution in [0.15, 0.2) is 48.5 Å². The van der Waals surface area contributed by atoms with E-state index in [2.05, 4.69) is 0 Å². The Morgan fingerprint density at radius 3 is 2.52 bits per heavy atom. The average molecular weight is 310 g/mol. The standard InChI is InChI=1S/C18H15FN2O2/c1-20-10-14-16(13-9-11(19)7-8-15(13)20)18(23)21(17(14)22)12-5-3-2-4-6-12/h2-9,14,16H,10H2,1H3. The van der Waals surface area contributed by atoms with Crippen molar-refractivity contribution in [3.8, 4) is 0 Å². The van der Waals surface area contributed by atoms with Crippen molar-refractivity contribution in [3.63, 3.8) is 0 Å². The van der Waals surface area contributed by atoms with Crippen LogP contribution in [-0.4, -0.2) is 25.4 Å². The van der Waals surface area contributed by atoms with E-state index in [0.717, 1.165) is 5.69 Å². The van der Waals surface area contributed by atoms with E-state index in [0.29, 0.717) is 17.8 Å². The van der Waals surface area contributed by atoms with E-state index in [1.807, 2.05) is 18.0 Å². The number of amides is 2. The Bertz CT molecular complexity index is 806. The molecule has 0 aliphatic carbocycles. The van der Waals surface area contributed by atoms with E-state index >= 15 is 0 Å². The summed E-state index contributed by atoms with van der Waals surface area (Å²) in [4.78, 5) is 28.8. The van der Waals surface area contributed by atoms with E-state index in [1.54, 1.807) is 30.3 Å². The van der Waals surface area contributed by atoms with Gasteiger partial charge in [-0.15, -0.1) is 0 Å². The number of carbonyl (C=O) groups excluding carboxylic acids is 2. The number of anilines is 2. The van der Waals surface area contributed by atoms with Crippen molar-refractivity contribution >= 4 is 23.2 Å². The first-order chi connectivity index (χ1) is 11.1. The number of hydrogen-bond donors (Lipinski definition) is 0. The van der Waals surface area contributed by atoms with Crippen LogP contribution in [0.25, 0.3) is 0 Å². The van der Waals surface area contributed by atoms with Gasteiger partial charge in [-0.3, -0.25) is 9.59 Å². The van der Waals surface area contributed by atoms with Crippen molar-refractivity contribution in [1.82, 2.24) is 0 Å². The lowest BCUT2D eigenvalue weighted by Gasteiger charge is -2.33. The van der Waals surface area contributed by atoms with Crippen LogP contribution in [0.5, 0.6) is 0 Å². The summed E-state index contributed by atoms with van der Waals surface area (Å²) in [6.45, 7) is 0.456.